The van der Waals surface area contributed by atoms with Crippen LogP contribution >= 0.6 is 0 Å². The summed E-state index contributed by atoms with van der Waals surface area (Å²) in [7, 11) is 2.16. The van der Waals surface area contributed by atoms with E-state index in [1.165, 1.54) is 5.56 Å². The fraction of sp³-hybridized carbons (Fsp3) is 0.667. The molecule has 0 saturated carbocycles. The smallest absolute Gasteiger partial charge is 0.213 e. The van der Waals surface area contributed by atoms with Gasteiger partial charge in [-0.25, -0.2) is 4.98 Å². The van der Waals surface area contributed by atoms with Crippen molar-refractivity contribution >= 4 is 0 Å². The van der Waals surface area contributed by atoms with Crippen LogP contribution in [-0.4, -0.2) is 42.7 Å². The summed E-state index contributed by atoms with van der Waals surface area (Å²) in [6.45, 7) is 7.45. The Balaban J connectivity index is 1.88. The lowest BCUT2D eigenvalue weighted by Crippen LogP contribution is -2.35. The standard InChI is InChI=1S/C15H25N3O/c1-4-16-12(2)13-5-6-15(17-11-13)19-14-7-9-18(3)10-8-14/h5-6,11-12,14,16H,4,7-10H2,1-3H3. The first-order valence-electron chi connectivity index (χ1n) is 7.23. The van der Waals surface area contributed by atoms with E-state index in [-0.39, 0.29) is 0 Å². The van der Waals surface area contributed by atoms with Crippen molar-refractivity contribution in [2.75, 3.05) is 26.7 Å². The summed E-state index contributed by atoms with van der Waals surface area (Å²) in [5, 5.41) is 3.38. The summed E-state index contributed by atoms with van der Waals surface area (Å²) in [6, 6.07) is 4.43. The van der Waals surface area contributed by atoms with Crippen molar-refractivity contribution in [3.63, 3.8) is 0 Å². The van der Waals surface area contributed by atoms with Gasteiger partial charge in [-0.05, 0) is 38.9 Å². The molecule has 0 amide bonds. The molecular formula is C15H25N3O. The van der Waals surface area contributed by atoms with Crippen LogP contribution in [0.15, 0.2) is 18.3 Å². The second kappa shape index (κ2) is 6.87. The zero-order chi connectivity index (χ0) is 13.7. The number of ether oxygens (including phenoxy) is 1. The molecule has 19 heavy (non-hydrogen) atoms. The molecule has 106 valence electrons. The molecule has 2 rings (SSSR count). The first-order valence-corrected chi connectivity index (χ1v) is 7.23. The quantitative estimate of drug-likeness (QED) is 0.884. The topological polar surface area (TPSA) is 37.4 Å². The monoisotopic (exact) mass is 263 g/mol. The molecule has 0 spiro atoms. The maximum Gasteiger partial charge on any atom is 0.213 e. The lowest BCUT2D eigenvalue weighted by atomic mass is 10.1. The fourth-order valence-electron chi connectivity index (χ4n) is 2.42. The van der Waals surface area contributed by atoms with E-state index in [0.717, 1.165) is 38.4 Å². The summed E-state index contributed by atoms with van der Waals surface area (Å²) in [5.74, 6) is 0.752. The molecule has 1 aliphatic rings. The number of hydrogen-bond acceptors (Lipinski definition) is 4. The van der Waals surface area contributed by atoms with Crippen LogP contribution in [-0.2, 0) is 0 Å². The Kier molecular flexibility index (Phi) is 5.16. The molecule has 2 heterocycles. The summed E-state index contributed by atoms with van der Waals surface area (Å²) < 4.78 is 5.94. The predicted octanol–water partition coefficient (Wildman–Crippen LogP) is 2.23. The first-order chi connectivity index (χ1) is 9.19. The summed E-state index contributed by atoms with van der Waals surface area (Å²) in [4.78, 5) is 6.76. The van der Waals surface area contributed by atoms with Gasteiger partial charge in [0.1, 0.15) is 6.10 Å². The number of rotatable bonds is 5. The molecule has 1 unspecified atom stereocenters. The highest BCUT2D eigenvalue weighted by Crippen LogP contribution is 2.18. The van der Waals surface area contributed by atoms with Gasteiger partial charge in [0.15, 0.2) is 0 Å². The van der Waals surface area contributed by atoms with Crippen LogP contribution in [0, 0.1) is 0 Å². The van der Waals surface area contributed by atoms with E-state index in [4.69, 9.17) is 4.74 Å². The van der Waals surface area contributed by atoms with E-state index in [0.29, 0.717) is 12.1 Å². The normalized spacial score (nSPS) is 19.3. The molecule has 1 aromatic rings. The molecule has 1 aliphatic heterocycles. The number of nitrogens with zero attached hydrogens (tertiary/aromatic N) is 2. The average Bonchev–Trinajstić information content (AvgIpc) is 2.42. The van der Waals surface area contributed by atoms with Crippen molar-refractivity contribution in [2.24, 2.45) is 0 Å². The molecule has 4 nitrogen and oxygen atoms in total. The van der Waals surface area contributed by atoms with Crippen molar-refractivity contribution in [2.45, 2.75) is 38.8 Å². The molecule has 0 bridgehead atoms. The Hall–Kier alpha value is -1.13. The predicted molar refractivity (Wildman–Crippen MR) is 77.5 cm³/mol. The molecule has 4 heteroatoms. The van der Waals surface area contributed by atoms with Crippen molar-refractivity contribution in [3.05, 3.63) is 23.9 Å². The van der Waals surface area contributed by atoms with Crippen LogP contribution in [0.3, 0.4) is 0 Å². The number of aromatic nitrogens is 1. The van der Waals surface area contributed by atoms with Crippen LogP contribution in [0.5, 0.6) is 5.88 Å². The van der Waals surface area contributed by atoms with Crippen LogP contribution in [0.1, 0.15) is 38.3 Å². The first kappa shape index (κ1) is 14.3. The van der Waals surface area contributed by atoms with Crippen molar-refractivity contribution in [3.8, 4) is 5.88 Å². The van der Waals surface area contributed by atoms with E-state index in [1.54, 1.807) is 0 Å². The van der Waals surface area contributed by atoms with Crippen molar-refractivity contribution < 1.29 is 4.74 Å². The van der Waals surface area contributed by atoms with Gasteiger partial charge in [0.25, 0.3) is 0 Å². The van der Waals surface area contributed by atoms with E-state index >= 15 is 0 Å². The van der Waals surface area contributed by atoms with Gasteiger partial charge in [-0.3, -0.25) is 0 Å². The lowest BCUT2D eigenvalue weighted by Gasteiger charge is -2.28. The maximum atomic E-state index is 5.94. The number of hydrogen-bond donors (Lipinski definition) is 1. The summed E-state index contributed by atoms with van der Waals surface area (Å²) >= 11 is 0. The molecule has 0 aromatic carbocycles. The highest BCUT2D eigenvalue weighted by molar-refractivity contribution is 5.20. The van der Waals surface area contributed by atoms with E-state index in [1.807, 2.05) is 12.3 Å². The van der Waals surface area contributed by atoms with Crippen molar-refractivity contribution in [1.29, 1.82) is 0 Å². The highest BCUT2D eigenvalue weighted by Gasteiger charge is 2.18. The van der Waals surface area contributed by atoms with Crippen LogP contribution in [0.2, 0.25) is 0 Å². The Morgan fingerprint density at radius 2 is 2.16 bits per heavy atom. The Morgan fingerprint density at radius 1 is 1.42 bits per heavy atom. The minimum atomic E-state index is 0.320. The largest absolute Gasteiger partial charge is 0.474 e. The Bertz CT molecular complexity index is 371. The van der Waals surface area contributed by atoms with E-state index in [2.05, 4.69) is 42.2 Å². The SMILES string of the molecule is CCNC(C)c1ccc(OC2CCN(C)CC2)nc1. The molecule has 1 N–H and O–H groups in total. The van der Waals surface area contributed by atoms with Gasteiger partial charge in [-0.1, -0.05) is 13.0 Å². The Morgan fingerprint density at radius 3 is 2.74 bits per heavy atom. The molecule has 1 atom stereocenters. The molecule has 1 saturated heterocycles. The second-order valence-electron chi connectivity index (χ2n) is 5.33. The number of piperidine rings is 1. The maximum absolute atomic E-state index is 5.94. The number of likely N-dealkylation sites (tertiary alicyclic amines) is 1. The lowest BCUT2D eigenvalue weighted by molar-refractivity contribution is 0.110. The molecule has 1 fully saturated rings. The van der Waals surface area contributed by atoms with Gasteiger partial charge in [-0.15, -0.1) is 0 Å². The van der Waals surface area contributed by atoms with Gasteiger partial charge < -0.3 is 15.0 Å². The third-order valence-electron chi connectivity index (χ3n) is 3.72. The number of nitrogens with one attached hydrogen (secondary N) is 1. The second-order valence-corrected chi connectivity index (χ2v) is 5.33. The molecular weight excluding hydrogens is 238 g/mol. The molecule has 0 aliphatic carbocycles. The zero-order valence-electron chi connectivity index (χ0n) is 12.2. The van der Waals surface area contributed by atoms with Crippen LogP contribution in [0.25, 0.3) is 0 Å². The molecule has 1 aromatic heterocycles. The summed E-state index contributed by atoms with van der Waals surface area (Å²) in [5.41, 5.74) is 1.21. The summed E-state index contributed by atoms with van der Waals surface area (Å²) in [6.07, 6.45) is 4.42. The van der Waals surface area contributed by atoms with Gasteiger partial charge in [0, 0.05) is 31.4 Å². The van der Waals surface area contributed by atoms with E-state index in [9.17, 15) is 0 Å². The average molecular weight is 263 g/mol. The fourth-order valence-corrected chi connectivity index (χ4v) is 2.42. The van der Waals surface area contributed by atoms with Gasteiger partial charge in [-0.2, -0.15) is 0 Å². The van der Waals surface area contributed by atoms with Gasteiger partial charge >= 0.3 is 0 Å². The third-order valence-corrected chi connectivity index (χ3v) is 3.72. The number of pyridine rings is 1. The highest BCUT2D eigenvalue weighted by atomic mass is 16.5. The van der Waals surface area contributed by atoms with Gasteiger partial charge in [0.05, 0.1) is 0 Å². The third kappa shape index (κ3) is 4.18. The minimum Gasteiger partial charge on any atom is -0.474 e. The Labute approximate surface area is 116 Å². The van der Waals surface area contributed by atoms with Gasteiger partial charge in [0.2, 0.25) is 5.88 Å². The van der Waals surface area contributed by atoms with Crippen LogP contribution in [0.4, 0.5) is 0 Å². The zero-order valence-corrected chi connectivity index (χ0v) is 12.2. The molecule has 0 radical (unpaired) electrons. The van der Waals surface area contributed by atoms with Crippen LogP contribution < -0.4 is 10.1 Å². The minimum absolute atomic E-state index is 0.320. The van der Waals surface area contributed by atoms with Crippen molar-refractivity contribution in [1.82, 2.24) is 15.2 Å². The van der Waals surface area contributed by atoms with E-state index < -0.39 is 0 Å².